The van der Waals surface area contributed by atoms with Gasteiger partial charge in [0.05, 0.1) is 17.3 Å². The molecule has 1 aromatic carbocycles. The molecule has 7 heteroatoms. The van der Waals surface area contributed by atoms with Crippen molar-refractivity contribution in [3.63, 3.8) is 0 Å². The molecule has 1 N–H and O–H groups in total. The van der Waals surface area contributed by atoms with Gasteiger partial charge in [-0.3, -0.25) is 0 Å². The van der Waals surface area contributed by atoms with Crippen molar-refractivity contribution in [1.82, 2.24) is 15.3 Å². The Morgan fingerprint density at radius 1 is 1.03 bits per heavy atom. The van der Waals surface area contributed by atoms with E-state index in [9.17, 15) is 0 Å². The molecule has 2 aromatic heterocycles. The van der Waals surface area contributed by atoms with E-state index in [1.54, 1.807) is 7.11 Å². The van der Waals surface area contributed by atoms with Gasteiger partial charge in [-0.05, 0) is 42.8 Å². The maximum Gasteiger partial charge on any atom is 0.128 e. The van der Waals surface area contributed by atoms with Gasteiger partial charge in [0.1, 0.15) is 5.82 Å². The largest absolute Gasteiger partial charge is 0.380 e. The zero-order chi connectivity index (χ0) is 22.1. The minimum absolute atomic E-state index is 0.280. The lowest BCUT2D eigenvalue weighted by Crippen LogP contribution is -2.43. The fourth-order valence-corrected chi connectivity index (χ4v) is 4.64. The van der Waals surface area contributed by atoms with E-state index >= 15 is 0 Å². The molecule has 0 aliphatic carbocycles. The number of ether oxygens (including phenoxy) is 1. The summed E-state index contributed by atoms with van der Waals surface area (Å²) in [7, 11) is 5.93. The first-order chi connectivity index (χ1) is 15.6. The topological polar surface area (TPSA) is 56.8 Å². The van der Waals surface area contributed by atoms with Crippen molar-refractivity contribution in [2.45, 2.75) is 12.5 Å². The second kappa shape index (κ2) is 8.92. The van der Waals surface area contributed by atoms with Crippen LogP contribution in [0.5, 0.6) is 0 Å². The van der Waals surface area contributed by atoms with Gasteiger partial charge in [-0.2, -0.15) is 0 Å². The maximum atomic E-state index is 5.63. The lowest BCUT2D eigenvalue weighted by Gasteiger charge is -2.28. The normalized spacial score (nSPS) is 19.0. The second-order valence-electron chi connectivity index (χ2n) is 8.86. The van der Waals surface area contributed by atoms with Gasteiger partial charge in [0, 0.05) is 89.0 Å². The maximum absolute atomic E-state index is 5.63. The summed E-state index contributed by atoms with van der Waals surface area (Å²) in [5.41, 5.74) is 5.39. The molecule has 0 amide bonds. The Morgan fingerprint density at radius 2 is 1.88 bits per heavy atom. The number of fused-ring (bicyclic) bond motifs is 1. The van der Waals surface area contributed by atoms with Crippen LogP contribution in [0.4, 0.5) is 17.2 Å². The molecule has 5 rings (SSSR count). The summed E-state index contributed by atoms with van der Waals surface area (Å²) in [6, 6.07) is 13.0. The first-order valence-corrected chi connectivity index (χ1v) is 11.4. The van der Waals surface area contributed by atoms with Crippen LogP contribution in [-0.4, -0.2) is 76.5 Å². The van der Waals surface area contributed by atoms with Crippen LogP contribution in [0.1, 0.15) is 6.42 Å². The van der Waals surface area contributed by atoms with E-state index in [-0.39, 0.29) is 6.10 Å². The number of aromatic nitrogens is 2. The summed E-state index contributed by atoms with van der Waals surface area (Å²) >= 11 is 0. The lowest BCUT2D eigenvalue weighted by molar-refractivity contribution is 0.121. The van der Waals surface area contributed by atoms with Gasteiger partial charge in [0.2, 0.25) is 0 Å². The molecule has 7 nitrogen and oxygen atoms in total. The summed E-state index contributed by atoms with van der Waals surface area (Å²) in [5.74, 6) is 1.04. The van der Waals surface area contributed by atoms with E-state index < -0.39 is 0 Å². The van der Waals surface area contributed by atoms with Crippen LogP contribution >= 0.6 is 0 Å². The first kappa shape index (κ1) is 21.0. The minimum Gasteiger partial charge on any atom is -0.380 e. The van der Waals surface area contributed by atoms with Gasteiger partial charge in [-0.1, -0.05) is 0 Å². The summed E-state index contributed by atoms with van der Waals surface area (Å²) in [5, 5.41) is 4.58. The molecular formula is C25H32N6O. The molecule has 0 radical (unpaired) electrons. The predicted molar refractivity (Wildman–Crippen MR) is 132 cm³/mol. The van der Waals surface area contributed by atoms with E-state index in [0.29, 0.717) is 0 Å². The van der Waals surface area contributed by atoms with Gasteiger partial charge in [0.25, 0.3) is 0 Å². The minimum atomic E-state index is 0.280. The average molecular weight is 433 g/mol. The van der Waals surface area contributed by atoms with Crippen LogP contribution in [0.2, 0.25) is 0 Å². The van der Waals surface area contributed by atoms with Crippen molar-refractivity contribution in [1.29, 1.82) is 0 Å². The van der Waals surface area contributed by atoms with Crippen molar-refractivity contribution in [3.8, 4) is 11.3 Å². The molecule has 3 aromatic rings. The number of hydrogen-bond donors (Lipinski definition) is 1. The molecule has 2 fully saturated rings. The molecule has 0 spiro atoms. The van der Waals surface area contributed by atoms with E-state index in [0.717, 1.165) is 74.0 Å². The number of piperazine rings is 1. The molecule has 168 valence electrons. The Bertz CT molecular complexity index is 1080. The van der Waals surface area contributed by atoms with Gasteiger partial charge in [-0.15, -0.1) is 0 Å². The lowest BCUT2D eigenvalue weighted by atomic mass is 10.1. The Balaban J connectivity index is 1.54. The highest BCUT2D eigenvalue weighted by atomic mass is 16.5. The Morgan fingerprint density at radius 3 is 2.56 bits per heavy atom. The molecule has 0 bridgehead atoms. The summed E-state index contributed by atoms with van der Waals surface area (Å²) < 4.78 is 5.63. The summed E-state index contributed by atoms with van der Waals surface area (Å²) in [6.45, 7) is 5.90. The van der Waals surface area contributed by atoms with Crippen molar-refractivity contribution in [2.24, 2.45) is 0 Å². The predicted octanol–water partition coefficient (Wildman–Crippen LogP) is 3.00. The Kier molecular flexibility index (Phi) is 5.85. The fraction of sp³-hybridized carbons (Fsp3) is 0.440. The molecule has 1 unspecified atom stereocenters. The smallest absolute Gasteiger partial charge is 0.128 e. The molecule has 2 saturated heterocycles. The van der Waals surface area contributed by atoms with Crippen molar-refractivity contribution in [3.05, 3.63) is 42.6 Å². The fourth-order valence-electron chi connectivity index (χ4n) is 4.64. The van der Waals surface area contributed by atoms with E-state index in [1.165, 1.54) is 11.1 Å². The van der Waals surface area contributed by atoms with Crippen LogP contribution in [0.15, 0.2) is 42.6 Å². The van der Waals surface area contributed by atoms with Crippen LogP contribution in [-0.2, 0) is 4.74 Å². The number of benzene rings is 1. The number of pyridine rings is 2. The van der Waals surface area contributed by atoms with Crippen LogP contribution in [0.3, 0.4) is 0 Å². The average Bonchev–Trinajstić information content (AvgIpc) is 3.33. The SMILES string of the molecule is COC1CCN(c2cc(-c3ccc(N4CCNCC4)nc3)nc3cc(N(C)C)ccc23)C1. The molecular weight excluding hydrogens is 400 g/mol. The van der Waals surface area contributed by atoms with E-state index in [1.807, 2.05) is 6.20 Å². The quantitative estimate of drug-likeness (QED) is 0.665. The number of rotatable bonds is 5. The number of methoxy groups -OCH3 is 1. The van der Waals surface area contributed by atoms with Gasteiger partial charge in [0.15, 0.2) is 0 Å². The van der Waals surface area contributed by atoms with Gasteiger partial charge < -0.3 is 24.8 Å². The third-order valence-electron chi connectivity index (χ3n) is 6.59. The Hall–Kier alpha value is -2.90. The number of hydrogen-bond acceptors (Lipinski definition) is 7. The zero-order valence-corrected chi connectivity index (χ0v) is 19.2. The van der Waals surface area contributed by atoms with Gasteiger partial charge in [-0.25, -0.2) is 9.97 Å². The standard InChI is InChI=1S/C25H32N6O/c1-29(2)19-5-6-21-23(14-19)28-22(15-24(21)31-11-8-20(17-31)32-3)18-4-7-25(27-16-18)30-12-9-26-10-13-30/h4-7,14-16,20,26H,8-13,17H2,1-3H3. The monoisotopic (exact) mass is 432 g/mol. The van der Waals surface area contributed by atoms with Crippen molar-refractivity contribution in [2.75, 3.05) is 75.2 Å². The van der Waals surface area contributed by atoms with E-state index in [4.69, 9.17) is 14.7 Å². The van der Waals surface area contributed by atoms with Crippen molar-refractivity contribution < 1.29 is 4.74 Å². The van der Waals surface area contributed by atoms with Crippen molar-refractivity contribution >= 4 is 28.1 Å². The first-order valence-electron chi connectivity index (χ1n) is 11.4. The number of nitrogens with zero attached hydrogens (tertiary/aromatic N) is 5. The zero-order valence-electron chi connectivity index (χ0n) is 19.2. The summed E-state index contributed by atoms with van der Waals surface area (Å²) in [6.07, 6.45) is 3.29. The highest BCUT2D eigenvalue weighted by Gasteiger charge is 2.24. The molecule has 4 heterocycles. The second-order valence-corrected chi connectivity index (χ2v) is 8.86. The van der Waals surface area contributed by atoms with Gasteiger partial charge >= 0.3 is 0 Å². The highest BCUT2D eigenvalue weighted by Crippen LogP contribution is 2.35. The number of nitrogens with one attached hydrogen (secondary N) is 1. The molecule has 32 heavy (non-hydrogen) atoms. The molecule has 2 aliphatic heterocycles. The van der Waals surface area contributed by atoms with Crippen LogP contribution < -0.4 is 20.0 Å². The Labute approximate surface area is 190 Å². The van der Waals surface area contributed by atoms with Crippen LogP contribution in [0, 0.1) is 0 Å². The third kappa shape index (κ3) is 4.10. The molecule has 2 aliphatic rings. The molecule has 0 saturated carbocycles. The van der Waals surface area contributed by atoms with Crippen LogP contribution in [0.25, 0.3) is 22.2 Å². The number of anilines is 3. The highest BCUT2D eigenvalue weighted by molar-refractivity contribution is 5.96. The summed E-state index contributed by atoms with van der Waals surface area (Å²) in [4.78, 5) is 16.7. The molecule has 1 atom stereocenters. The third-order valence-corrected chi connectivity index (χ3v) is 6.59. The van der Waals surface area contributed by atoms with E-state index in [2.05, 4.69) is 70.5 Å².